The van der Waals surface area contributed by atoms with Crippen LogP contribution in [0.1, 0.15) is 114 Å². The summed E-state index contributed by atoms with van der Waals surface area (Å²) in [5, 5.41) is 107. The molecule has 0 bridgehead atoms. The van der Waals surface area contributed by atoms with Crippen molar-refractivity contribution < 1.29 is 84.4 Å². The highest BCUT2D eigenvalue weighted by molar-refractivity contribution is 5.95. The summed E-state index contributed by atoms with van der Waals surface area (Å²) in [5.74, 6) is -4.41. The Labute approximate surface area is 380 Å². The first-order valence-electron chi connectivity index (χ1n) is 23.8. The Morgan fingerprint density at radius 3 is 1.86 bits per heavy atom. The minimum absolute atomic E-state index is 0.0179. The Balaban J connectivity index is 1.12. The van der Waals surface area contributed by atoms with E-state index in [2.05, 4.69) is 41.5 Å². The summed E-state index contributed by atoms with van der Waals surface area (Å²) in [4.78, 5) is 39.7. The van der Waals surface area contributed by atoms with Gasteiger partial charge in [-0.2, -0.15) is 0 Å². The molecule has 7 fully saturated rings. The third-order valence-electron chi connectivity index (χ3n) is 19.7. The molecule has 5 aliphatic carbocycles. The number of aliphatic hydroxyl groups excluding tert-OH is 8. The fraction of sp³-hybridized carbons (Fsp3) is 0.896. The lowest BCUT2D eigenvalue weighted by Crippen LogP contribution is -2.70. The number of hydrogen-bond acceptors (Lipinski definition) is 15. The van der Waals surface area contributed by atoms with Gasteiger partial charge in [0.2, 0.25) is 0 Å². The van der Waals surface area contributed by atoms with Crippen molar-refractivity contribution in [2.24, 2.45) is 62.1 Å². The van der Waals surface area contributed by atoms with Crippen LogP contribution in [-0.4, -0.2) is 161 Å². The fourth-order valence-corrected chi connectivity index (χ4v) is 16.1. The van der Waals surface area contributed by atoms with Crippen LogP contribution in [0.4, 0.5) is 0 Å². The molecule has 17 nitrogen and oxygen atoms in total. The number of ketones is 1. The Hall–Kier alpha value is -2.13. The van der Waals surface area contributed by atoms with E-state index in [1.54, 1.807) is 6.92 Å². The molecule has 3 aliphatic heterocycles. The van der Waals surface area contributed by atoms with Crippen LogP contribution in [0.2, 0.25) is 0 Å². The van der Waals surface area contributed by atoms with Crippen LogP contribution in [0.25, 0.3) is 0 Å². The predicted molar refractivity (Wildman–Crippen MR) is 227 cm³/mol. The molecule has 0 amide bonds. The maximum absolute atomic E-state index is 15.3. The lowest BCUT2D eigenvalue weighted by Gasteiger charge is -2.72. The molecular weight excluding hydrogens is 849 g/mol. The van der Waals surface area contributed by atoms with Crippen LogP contribution in [0.15, 0.2) is 11.6 Å². The van der Waals surface area contributed by atoms with E-state index in [0.717, 1.165) is 31.3 Å². The highest BCUT2D eigenvalue weighted by Crippen LogP contribution is 2.76. The molecule has 368 valence electrons. The molecule has 24 unspecified atom stereocenters. The minimum atomic E-state index is -2.02. The van der Waals surface area contributed by atoms with Gasteiger partial charge in [0.05, 0.1) is 18.3 Å². The summed E-state index contributed by atoms with van der Waals surface area (Å²) in [5.41, 5.74) is -1.59. The lowest BCUT2D eigenvalue weighted by atomic mass is 9.32. The van der Waals surface area contributed by atoms with Crippen LogP contribution < -0.4 is 0 Å². The summed E-state index contributed by atoms with van der Waals surface area (Å²) in [6.45, 7) is 19.3. The Kier molecular flexibility index (Phi) is 12.3. The molecule has 8 aliphatic rings. The Morgan fingerprint density at radius 2 is 1.23 bits per heavy atom. The number of ether oxygens (including phenoxy) is 4. The van der Waals surface area contributed by atoms with Crippen molar-refractivity contribution in [3.8, 4) is 0 Å². The number of carbonyl (C=O) groups excluding carboxylic acids is 1. The molecule has 0 spiro atoms. The van der Waals surface area contributed by atoms with E-state index < -0.39 is 132 Å². The maximum Gasteiger partial charge on any atom is 0.335 e. The van der Waals surface area contributed by atoms with Crippen LogP contribution in [0.3, 0.4) is 0 Å². The largest absolute Gasteiger partial charge is 0.479 e. The molecule has 4 saturated carbocycles. The van der Waals surface area contributed by atoms with Gasteiger partial charge in [-0.1, -0.05) is 61.0 Å². The second-order valence-electron chi connectivity index (χ2n) is 23.9. The van der Waals surface area contributed by atoms with Crippen molar-refractivity contribution in [1.82, 2.24) is 0 Å². The smallest absolute Gasteiger partial charge is 0.335 e. The zero-order chi connectivity index (χ0) is 48.0. The van der Waals surface area contributed by atoms with Gasteiger partial charge in [-0.05, 0) is 121 Å². The average Bonchev–Trinajstić information content (AvgIpc) is 3.21. The zero-order valence-electron chi connectivity index (χ0n) is 39.1. The highest BCUT2D eigenvalue weighted by atomic mass is 16.7. The van der Waals surface area contributed by atoms with Crippen molar-refractivity contribution in [3.05, 3.63) is 11.6 Å². The topological polar surface area (TPSA) is 290 Å². The van der Waals surface area contributed by atoms with Crippen LogP contribution >= 0.6 is 0 Å². The van der Waals surface area contributed by atoms with Crippen molar-refractivity contribution in [1.29, 1.82) is 0 Å². The van der Waals surface area contributed by atoms with E-state index in [4.69, 9.17) is 18.9 Å². The predicted octanol–water partition coefficient (Wildman–Crippen LogP) is 1.55. The molecule has 0 radical (unpaired) electrons. The molecule has 0 aromatic rings. The van der Waals surface area contributed by atoms with Crippen molar-refractivity contribution in [2.45, 2.75) is 205 Å². The molecule has 8 rings (SSSR count). The molecule has 0 aromatic carbocycles. The third-order valence-corrected chi connectivity index (χ3v) is 19.7. The average molecular weight is 923 g/mol. The molecule has 24 atom stereocenters. The first-order valence-corrected chi connectivity index (χ1v) is 23.8. The van der Waals surface area contributed by atoms with Crippen molar-refractivity contribution in [3.63, 3.8) is 0 Å². The van der Waals surface area contributed by atoms with Gasteiger partial charge in [0.25, 0.3) is 0 Å². The van der Waals surface area contributed by atoms with Gasteiger partial charge in [0, 0.05) is 5.92 Å². The molecule has 65 heavy (non-hydrogen) atoms. The van der Waals surface area contributed by atoms with Gasteiger partial charge >= 0.3 is 11.9 Å². The van der Waals surface area contributed by atoms with E-state index in [1.807, 2.05) is 19.9 Å². The number of rotatable bonds is 6. The lowest BCUT2D eigenvalue weighted by molar-refractivity contribution is -0.342. The Morgan fingerprint density at radius 1 is 0.631 bits per heavy atom. The van der Waals surface area contributed by atoms with Gasteiger partial charge in [-0.3, -0.25) is 4.79 Å². The van der Waals surface area contributed by atoms with Crippen molar-refractivity contribution in [2.75, 3.05) is 0 Å². The number of carboxylic acid groups (broad SMARTS) is 2. The molecule has 10 N–H and O–H groups in total. The second-order valence-corrected chi connectivity index (χ2v) is 23.9. The molecule has 17 heteroatoms. The summed E-state index contributed by atoms with van der Waals surface area (Å²) in [6, 6.07) is 0. The van der Waals surface area contributed by atoms with Crippen LogP contribution in [-0.2, 0) is 33.3 Å². The van der Waals surface area contributed by atoms with Gasteiger partial charge in [0.15, 0.2) is 24.3 Å². The minimum Gasteiger partial charge on any atom is -0.479 e. The Bertz CT molecular complexity index is 1920. The number of aliphatic carboxylic acids is 2. The highest BCUT2D eigenvalue weighted by Gasteiger charge is 2.72. The number of fused-ring (bicyclic) bond motifs is 7. The van der Waals surface area contributed by atoms with Gasteiger partial charge in [-0.15, -0.1) is 0 Å². The van der Waals surface area contributed by atoms with Crippen LogP contribution in [0, 0.1) is 62.1 Å². The first-order chi connectivity index (χ1) is 30.0. The SMILES string of the molecule is CC1OC(C2CC(C)(C)CC3C4=CC(=O)C5C6(C)CCC(C7OC(C(=O)O)C(O)C(O)C7OC7OC(C(=O)O)C(O)C(O)C7O)C(C)(C)C6CCC5(C)C4(C)CCC32C)C(O)C(O)C1O. The van der Waals surface area contributed by atoms with Gasteiger partial charge in [0.1, 0.15) is 54.9 Å². The number of hydrogen-bond donors (Lipinski definition) is 10. The van der Waals surface area contributed by atoms with Gasteiger partial charge in [-0.25, -0.2) is 9.59 Å². The van der Waals surface area contributed by atoms with Gasteiger partial charge < -0.3 is 70.0 Å². The normalized spacial score (nSPS) is 55.1. The summed E-state index contributed by atoms with van der Waals surface area (Å²) >= 11 is 0. The van der Waals surface area contributed by atoms with E-state index >= 15 is 4.79 Å². The van der Waals surface area contributed by atoms with E-state index in [9.17, 15) is 60.7 Å². The molecular formula is C48H74O17. The summed E-state index contributed by atoms with van der Waals surface area (Å²) in [7, 11) is 0. The summed E-state index contributed by atoms with van der Waals surface area (Å²) in [6.07, 6.45) is -16.4. The van der Waals surface area contributed by atoms with Crippen LogP contribution in [0.5, 0.6) is 0 Å². The molecule has 3 saturated heterocycles. The standard InChI is InChI=1S/C48H74O17/c1-19-26(50)27(51)29(53)34(62-19)23-18-43(2,3)17-22-21-16-24(49)39-46(7)12-10-20(44(4,5)25(46)11-13-48(39,9)47(21,8)15-14-45(22,23)6)35-36(31(55)32(56)37(63-35)40(58)59)64-42-33(57)28(52)30(54)38(65-42)41(60)61/h16,19-20,22-23,25-39,42,50-57H,10-15,17-18H2,1-9H3,(H,58,59)(H,60,61). The zero-order valence-corrected chi connectivity index (χ0v) is 39.1. The number of aliphatic hydroxyl groups is 8. The monoisotopic (exact) mass is 922 g/mol. The fourth-order valence-electron chi connectivity index (χ4n) is 16.1. The second kappa shape index (κ2) is 16.2. The van der Waals surface area contributed by atoms with Crippen molar-refractivity contribution >= 4 is 17.7 Å². The molecule has 0 aromatic heterocycles. The van der Waals surface area contributed by atoms with E-state index in [0.29, 0.717) is 25.7 Å². The quantitative estimate of drug-likeness (QED) is 0.181. The summed E-state index contributed by atoms with van der Waals surface area (Å²) < 4.78 is 24.0. The first kappa shape index (κ1) is 49.3. The number of allylic oxidation sites excluding steroid dienone is 2. The number of carboxylic acids is 2. The maximum atomic E-state index is 15.3. The van der Waals surface area contributed by atoms with E-state index in [-0.39, 0.29) is 39.8 Å². The van der Waals surface area contributed by atoms with E-state index in [1.165, 1.54) is 0 Å². The third kappa shape index (κ3) is 7.17. The number of carbonyl (C=O) groups is 3. The molecule has 3 heterocycles.